The maximum Gasteiger partial charge on any atom is 0.128 e. The summed E-state index contributed by atoms with van der Waals surface area (Å²) in [5, 5.41) is 3.47. The number of nitrogens with zero attached hydrogens (tertiary/aromatic N) is 2. The van der Waals surface area contributed by atoms with Crippen LogP contribution in [0.4, 0.5) is 0 Å². The first kappa shape index (κ1) is 14.3. The quantitative estimate of drug-likeness (QED) is 0.762. The van der Waals surface area contributed by atoms with E-state index in [1.807, 2.05) is 13.1 Å². The molecule has 0 radical (unpaired) electrons. The third-order valence-corrected chi connectivity index (χ3v) is 3.85. The molecule has 2 rings (SSSR count). The van der Waals surface area contributed by atoms with E-state index in [-0.39, 0.29) is 0 Å². The molecule has 0 unspecified atom stereocenters. The highest BCUT2D eigenvalue weighted by Gasteiger charge is 2.25. The Kier molecular flexibility index (Phi) is 4.77. The first-order valence-corrected chi connectivity index (χ1v) is 7.03. The SMILES string of the molecule is COc1c(C)cnc(CNCCN(C)C2CC2)c1C. The second-order valence-electron chi connectivity index (χ2n) is 5.43. The van der Waals surface area contributed by atoms with Crippen molar-refractivity contribution in [3.63, 3.8) is 0 Å². The van der Waals surface area contributed by atoms with Gasteiger partial charge in [-0.25, -0.2) is 0 Å². The Balaban J connectivity index is 1.82. The highest BCUT2D eigenvalue weighted by atomic mass is 16.5. The molecule has 1 N–H and O–H groups in total. The molecular weight excluding hydrogens is 238 g/mol. The topological polar surface area (TPSA) is 37.4 Å². The molecule has 1 fully saturated rings. The standard InChI is InChI=1S/C15H25N3O/c1-11-9-17-14(12(2)15(11)19-4)10-16-7-8-18(3)13-5-6-13/h9,13,16H,5-8,10H2,1-4H3. The number of pyridine rings is 1. The zero-order valence-electron chi connectivity index (χ0n) is 12.5. The summed E-state index contributed by atoms with van der Waals surface area (Å²) in [6.45, 7) is 7.02. The monoisotopic (exact) mass is 263 g/mol. The number of aromatic nitrogens is 1. The smallest absolute Gasteiger partial charge is 0.128 e. The van der Waals surface area contributed by atoms with Crippen LogP contribution >= 0.6 is 0 Å². The summed E-state index contributed by atoms with van der Waals surface area (Å²) >= 11 is 0. The highest BCUT2D eigenvalue weighted by Crippen LogP contribution is 2.25. The second-order valence-corrected chi connectivity index (χ2v) is 5.43. The van der Waals surface area contributed by atoms with Crippen molar-refractivity contribution >= 4 is 0 Å². The molecule has 19 heavy (non-hydrogen) atoms. The van der Waals surface area contributed by atoms with Crippen molar-refractivity contribution in [2.75, 3.05) is 27.2 Å². The van der Waals surface area contributed by atoms with Gasteiger partial charge in [-0.3, -0.25) is 4.98 Å². The summed E-state index contributed by atoms with van der Waals surface area (Å²) in [5.41, 5.74) is 3.32. The lowest BCUT2D eigenvalue weighted by Crippen LogP contribution is -2.30. The Morgan fingerprint density at radius 2 is 2.16 bits per heavy atom. The summed E-state index contributed by atoms with van der Waals surface area (Å²) in [7, 11) is 3.93. The Morgan fingerprint density at radius 3 is 2.79 bits per heavy atom. The fourth-order valence-electron chi connectivity index (χ4n) is 2.41. The van der Waals surface area contributed by atoms with Crippen LogP contribution in [0.1, 0.15) is 29.7 Å². The van der Waals surface area contributed by atoms with Gasteiger partial charge >= 0.3 is 0 Å². The van der Waals surface area contributed by atoms with Gasteiger partial charge in [-0.15, -0.1) is 0 Å². The number of methoxy groups -OCH3 is 1. The van der Waals surface area contributed by atoms with Crippen molar-refractivity contribution in [2.24, 2.45) is 0 Å². The Bertz CT molecular complexity index is 430. The molecule has 4 nitrogen and oxygen atoms in total. The molecule has 0 bridgehead atoms. The number of hydrogen-bond donors (Lipinski definition) is 1. The molecule has 1 aliphatic carbocycles. The summed E-state index contributed by atoms with van der Waals surface area (Å²) < 4.78 is 5.42. The average Bonchev–Trinajstić information content (AvgIpc) is 3.21. The van der Waals surface area contributed by atoms with E-state index in [2.05, 4.69) is 29.2 Å². The van der Waals surface area contributed by atoms with Gasteiger partial charge in [-0.05, 0) is 33.7 Å². The van der Waals surface area contributed by atoms with Crippen LogP contribution in [-0.2, 0) is 6.54 Å². The maximum absolute atomic E-state index is 5.42. The lowest BCUT2D eigenvalue weighted by atomic mass is 10.1. The van der Waals surface area contributed by atoms with Crippen LogP contribution in [0.2, 0.25) is 0 Å². The number of likely N-dealkylation sites (N-methyl/N-ethyl adjacent to an activating group) is 1. The predicted molar refractivity (Wildman–Crippen MR) is 77.6 cm³/mol. The van der Waals surface area contributed by atoms with Crippen molar-refractivity contribution in [3.8, 4) is 5.75 Å². The van der Waals surface area contributed by atoms with Gasteiger partial charge in [0.2, 0.25) is 0 Å². The molecule has 1 aromatic heterocycles. The van der Waals surface area contributed by atoms with Gasteiger partial charge in [-0.1, -0.05) is 0 Å². The third kappa shape index (κ3) is 3.67. The van der Waals surface area contributed by atoms with Gasteiger partial charge < -0.3 is 15.0 Å². The maximum atomic E-state index is 5.42. The van der Waals surface area contributed by atoms with Gasteiger partial charge in [0.15, 0.2) is 0 Å². The predicted octanol–water partition coefficient (Wildman–Crippen LogP) is 1.89. The summed E-state index contributed by atoms with van der Waals surface area (Å²) in [4.78, 5) is 6.93. The summed E-state index contributed by atoms with van der Waals surface area (Å²) in [6, 6.07) is 0.834. The lowest BCUT2D eigenvalue weighted by Gasteiger charge is -2.16. The van der Waals surface area contributed by atoms with E-state index in [0.717, 1.165) is 48.2 Å². The Hall–Kier alpha value is -1.13. The summed E-state index contributed by atoms with van der Waals surface area (Å²) in [5.74, 6) is 0.960. The fourth-order valence-corrected chi connectivity index (χ4v) is 2.41. The molecule has 1 aliphatic rings. The first-order valence-electron chi connectivity index (χ1n) is 7.03. The second kappa shape index (κ2) is 6.35. The molecule has 0 atom stereocenters. The van der Waals surface area contributed by atoms with Crippen molar-refractivity contribution in [1.29, 1.82) is 0 Å². The third-order valence-electron chi connectivity index (χ3n) is 3.85. The molecule has 1 aromatic rings. The van der Waals surface area contributed by atoms with Crippen LogP contribution in [0.15, 0.2) is 6.20 Å². The molecule has 1 saturated carbocycles. The van der Waals surface area contributed by atoms with Crippen molar-refractivity contribution in [1.82, 2.24) is 15.2 Å². The summed E-state index contributed by atoms with van der Waals surface area (Å²) in [6.07, 6.45) is 4.62. The molecular formula is C15H25N3O. The van der Waals surface area contributed by atoms with Crippen LogP contribution in [-0.4, -0.2) is 43.2 Å². The van der Waals surface area contributed by atoms with Gasteiger partial charge in [0.1, 0.15) is 5.75 Å². The van der Waals surface area contributed by atoms with E-state index in [1.165, 1.54) is 12.8 Å². The number of nitrogens with one attached hydrogen (secondary N) is 1. The number of rotatable bonds is 7. The van der Waals surface area contributed by atoms with E-state index in [0.29, 0.717) is 0 Å². The van der Waals surface area contributed by atoms with E-state index in [1.54, 1.807) is 7.11 Å². The molecule has 0 aromatic carbocycles. The van der Waals surface area contributed by atoms with E-state index >= 15 is 0 Å². The molecule has 1 heterocycles. The lowest BCUT2D eigenvalue weighted by molar-refractivity contribution is 0.321. The van der Waals surface area contributed by atoms with Gasteiger partial charge in [-0.2, -0.15) is 0 Å². The van der Waals surface area contributed by atoms with E-state index in [4.69, 9.17) is 4.74 Å². The van der Waals surface area contributed by atoms with Crippen molar-refractivity contribution in [2.45, 2.75) is 39.3 Å². The fraction of sp³-hybridized carbons (Fsp3) is 0.667. The van der Waals surface area contributed by atoms with Gasteiger partial charge in [0.05, 0.1) is 12.8 Å². The van der Waals surface area contributed by atoms with Gasteiger partial charge in [0, 0.05) is 43.0 Å². The zero-order chi connectivity index (χ0) is 13.8. The van der Waals surface area contributed by atoms with Crippen LogP contribution < -0.4 is 10.1 Å². The number of hydrogen-bond acceptors (Lipinski definition) is 4. The van der Waals surface area contributed by atoms with E-state index < -0.39 is 0 Å². The largest absolute Gasteiger partial charge is 0.496 e. The zero-order valence-corrected chi connectivity index (χ0v) is 12.5. The minimum absolute atomic E-state index is 0.807. The highest BCUT2D eigenvalue weighted by molar-refractivity contribution is 5.40. The van der Waals surface area contributed by atoms with Crippen molar-refractivity contribution in [3.05, 3.63) is 23.0 Å². The normalized spacial score (nSPS) is 15.0. The Morgan fingerprint density at radius 1 is 1.42 bits per heavy atom. The van der Waals surface area contributed by atoms with E-state index in [9.17, 15) is 0 Å². The van der Waals surface area contributed by atoms with Crippen LogP contribution in [0.25, 0.3) is 0 Å². The average molecular weight is 263 g/mol. The molecule has 0 aliphatic heterocycles. The Labute approximate surface area is 116 Å². The van der Waals surface area contributed by atoms with Crippen LogP contribution in [0.3, 0.4) is 0 Å². The molecule has 4 heteroatoms. The minimum atomic E-state index is 0.807. The number of ether oxygens (including phenoxy) is 1. The minimum Gasteiger partial charge on any atom is -0.496 e. The molecule has 106 valence electrons. The van der Waals surface area contributed by atoms with Gasteiger partial charge in [0.25, 0.3) is 0 Å². The van der Waals surface area contributed by atoms with Crippen LogP contribution in [0, 0.1) is 13.8 Å². The first-order chi connectivity index (χ1) is 9.13. The number of aryl methyl sites for hydroxylation is 1. The van der Waals surface area contributed by atoms with Crippen molar-refractivity contribution < 1.29 is 4.74 Å². The molecule has 0 saturated heterocycles. The molecule has 0 spiro atoms. The van der Waals surface area contributed by atoms with Crippen LogP contribution in [0.5, 0.6) is 5.75 Å². The molecule has 0 amide bonds.